The van der Waals surface area contributed by atoms with Crippen molar-refractivity contribution in [1.82, 2.24) is 0 Å². The van der Waals surface area contributed by atoms with Crippen molar-refractivity contribution in [2.75, 3.05) is 37.5 Å². The van der Waals surface area contributed by atoms with Gasteiger partial charge in [-0.2, -0.15) is 13.2 Å². The highest BCUT2D eigenvalue weighted by atomic mass is 19.4. The quantitative estimate of drug-likeness (QED) is 0.281. The zero-order valence-electron chi connectivity index (χ0n) is 42.5. The topological polar surface area (TPSA) is 81.1 Å². The average molecular weight is 953 g/mol. The van der Waals surface area contributed by atoms with Crippen LogP contribution in [-0.2, 0) is 9.59 Å². The highest BCUT2D eigenvalue weighted by molar-refractivity contribution is 5.94. The Balaban J connectivity index is 1.03. The van der Waals surface area contributed by atoms with E-state index in [1.165, 1.54) is 33.8 Å². The molecule has 0 aliphatic heterocycles. The second-order valence-electron chi connectivity index (χ2n) is 24.3. The van der Waals surface area contributed by atoms with Gasteiger partial charge in [-0.25, -0.2) is 0 Å². The van der Waals surface area contributed by atoms with Crippen LogP contribution in [-0.4, -0.2) is 66.8 Å². The van der Waals surface area contributed by atoms with Gasteiger partial charge < -0.3 is 20.0 Å². The van der Waals surface area contributed by atoms with Crippen LogP contribution in [0.3, 0.4) is 0 Å². The summed E-state index contributed by atoms with van der Waals surface area (Å²) >= 11 is 0. The van der Waals surface area contributed by atoms with E-state index in [2.05, 4.69) is 125 Å². The predicted octanol–water partition coefficient (Wildman–Crippen LogP) is 12.0. The average Bonchev–Trinajstić information content (AvgIpc) is 3.74. The largest absolute Gasteiger partial charge is 0.457 e. The van der Waals surface area contributed by atoms with Crippen molar-refractivity contribution >= 4 is 22.9 Å². The third-order valence-corrected chi connectivity index (χ3v) is 19.0. The van der Waals surface area contributed by atoms with Gasteiger partial charge in [0.1, 0.15) is 11.2 Å². The molecule has 0 aromatic heterocycles. The Morgan fingerprint density at radius 2 is 1.23 bits per heavy atom. The smallest absolute Gasteiger partial charge is 0.378 e. The molecule has 4 fully saturated rings. The number of carbonyl (C=O) groups excluding carboxylic acids is 2. The molecule has 0 heterocycles. The van der Waals surface area contributed by atoms with E-state index < -0.39 is 28.2 Å². The molecule has 2 N–H and O–H groups in total. The van der Waals surface area contributed by atoms with Crippen LogP contribution in [0.2, 0.25) is 0 Å². The fourth-order valence-electron chi connectivity index (χ4n) is 15.6. The molecule has 8 aliphatic rings. The number of halogens is 3. The molecule has 0 spiro atoms. The minimum atomic E-state index is -4.71. The molecular formula is C61H71F3N2O4. The van der Waals surface area contributed by atoms with Crippen LogP contribution >= 0.6 is 0 Å². The summed E-state index contributed by atoms with van der Waals surface area (Å²) in [6.07, 6.45) is 7.24. The first-order chi connectivity index (χ1) is 32.9. The highest BCUT2D eigenvalue weighted by Crippen LogP contribution is 2.69. The number of ketones is 2. The van der Waals surface area contributed by atoms with Crippen LogP contribution in [0.25, 0.3) is 0 Å². The molecule has 2 aromatic rings. The predicted molar refractivity (Wildman–Crippen MR) is 271 cm³/mol. The number of benzene rings is 2. The first kappa shape index (κ1) is 48.8. The molecule has 70 heavy (non-hydrogen) atoms. The number of allylic oxidation sites excluding steroid dienone is 7. The van der Waals surface area contributed by atoms with Gasteiger partial charge in [-0.05, 0) is 185 Å². The molecule has 370 valence electrons. The molecule has 11 atom stereocenters. The van der Waals surface area contributed by atoms with E-state index in [1.54, 1.807) is 0 Å². The Kier molecular flexibility index (Phi) is 12.0. The molecule has 6 nitrogen and oxygen atoms in total. The van der Waals surface area contributed by atoms with Crippen molar-refractivity contribution in [3.8, 4) is 23.7 Å². The molecule has 4 saturated carbocycles. The molecule has 2 aromatic carbocycles. The summed E-state index contributed by atoms with van der Waals surface area (Å²) in [5.41, 5.74) is 7.46. The number of fused-ring (bicyclic) bond motifs is 8. The van der Waals surface area contributed by atoms with Crippen LogP contribution in [0.1, 0.15) is 141 Å². The molecule has 0 amide bonds. The van der Waals surface area contributed by atoms with Gasteiger partial charge in [0.25, 0.3) is 0 Å². The van der Waals surface area contributed by atoms with Gasteiger partial charge in [0.05, 0.1) is 0 Å². The number of hydrogen-bond donors (Lipinski definition) is 2. The van der Waals surface area contributed by atoms with Crippen molar-refractivity contribution in [2.45, 2.75) is 147 Å². The lowest BCUT2D eigenvalue weighted by Crippen LogP contribution is -2.52. The van der Waals surface area contributed by atoms with Gasteiger partial charge in [-0.1, -0.05) is 67.0 Å². The summed E-state index contributed by atoms with van der Waals surface area (Å²) in [6, 6.07) is 17.4. The lowest BCUT2D eigenvalue weighted by atomic mass is 9.50. The fraction of sp³-hybridized carbons (Fsp3) is 0.574. The summed E-state index contributed by atoms with van der Waals surface area (Å²) in [5, 5.41) is 25.0. The van der Waals surface area contributed by atoms with Crippen molar-refractivity contribution < 1.29 is 33.0 Å². The monoisotopic (exact) mass is 953 g/mol. The summed E-state index contributed by atoms with van der Waals surface area (Å²) in [5.74, 6) is 11.4. The number of carbonyl (C=O) groups is 2. The summed E-state index contributed by atoms with van der Waals surface area (Å²) < 4.78 is 41.0. The van der Waals surface area contributed by atoms with E-state index in [4.69, 9.17) is 0 Å². The summed E-state index contributed by atoms with van der Waals surface area (Å²) in [7, 11) is 6.26. The summed E-state index contributed by atoms with van der Waals surface area (Å²) in [6.45, 7) is 11.2. The maximum atomic E-state index is 13.7. The minimum absolute atomic E-state index is 0.0340. The number of hydrogen-bond acceptors (Lipinski definition) is 6. The molecule has 1 unspecified atom stereocenters. The number of rotatable bonds is 6. The van der Waals surface area contributed by atoms with E-state index in [0.29, 0.717) is 51.5 Å². The second-order valence-corrected chi connectivity index (χ2v) is 24.3. The molecule has 0 saturated heterocycles. The lowest BCUT2D eigenvalue weighted by Gasteiger charge is -2.55. The van der Waals surface area contributed by atoms with Crippen LogP contribution in [0.5, 0.6) is 0 Å². The fourth-order valence-corrected chi connectivity index (χ4v) is 15.6. The van der Waals surface area contributed by atoms with Gasteiger partial charge >= 0.3 is 6.18 Å². The van der Waals surface area contributed by atoms with Gasteiger partial charge in [-0.3, -0.25) is 9.59 Å². The van der Waals surface area contributed by atoms with Gasteiger partial charge in [0.2, 0.25) is 0 Å². The van der Waals surface area contributed by atoms with Gasteiger partial charge in [0.15, 0.2) is 11.6 Å². The molecular weight excluding hydrogens is 882 g/mol. The number of anilines is 2. The second kappa shape index (κ2) is 17.2. The third-order valence-electron chi connectivity index (χ3n) is 19.0. The maximum Gasteiger partial charge on any atom is 0.457 e. The summed E-state index contributed by atoms with van der Waals surface area (Å²) in [4.78, 5) is 30.7. The Labute approximate surface area is 413 Å². The van der Waals surface area contributed by atoms with Crippen LogP contribution in [0.4, 0.5) is 24.5 Å². The molecule has 10 rings (SSSR count). The van der Waals surface area contributed by atoms with Crippen LogP contribution in [0, 0.1) is 69.5 Å². The Morgan fingerprint density at radius 1 is 0.686 bits per heavy atom. The van der Waals surface area contributed by atoms with Gasteiger partial charge in [-0.15, -0.1) is 0 Å². The third kappa shape index (κ3) is 8.24. The minimum Gasteiger partial charge on any atom is -0.378 e. The first-order valence-corrected chi connectivity index (χ1v) is 26.0. The Morgan fingerprint density at radius 3 is 1.83 bits per heavy atom. The SMILES string of the molecule is CN(C)c1cccc([C@H]2C[C@@]3(C)[C@@H](CC[C@@]3(O)C#CC(C)(C)C)[C@@H]3CC(CN(C)c4cccc([C@H]5C[C@@]6(C)[C@@H](CC[C@@]6(O)C#CC(F)(F)F)[C@@H]6CCC7=CC(=O)CCC7=C65)c4)C4=CC(=O)CCC4=C32)c1. The highest BCUT2D eigenvalue weighted by Gasteiger charge is 2.65. The molecule has 9 heteroatoms. The molecule has 0 bridgehead atoms. The Bertz CT molecular complexity index is 2780. The molecule has 8 aliphatic carbocycles. The van der Waals surface area contributed by atoms with Crippen molar-refractivity contribution in [1.29, 1.82) is 0 Å². The zero-order valence-corrected chi connectivity index (χ0v) is 42.5. The molecule has 0 radical (unpaired) electrons. The number of alkyl halides is 3. The standard InChI is InChI=1S/C61H71F3N2O4/c1-56(2,3)25-26-59(69)24-22-53-49-32-40(48-33-44(68)17-20-46(48)55(49)51(35-58(53,59)5)37-11-9-13-41(29-37)65(6)7)36-66(8)42-14-10-12-38(30-42)50-34-57(4)52(21-23-60(57,70)27-28-61(62,63)64)47-18-15-39-31-43(67)16-19-45(39)54(47)50/h9-14,29-31,33,40,47,49-53,69-70H,15-24,32,34-36H2,1-8H3/t40?,47-,49-,50+,51+,52-,53-,57-,58-,59+,60+/m0/s1. The van der Waals surface area contributed by atoms with Crippen molar-refractivity contribution in [3.63, 3.8) is 0 Å². The zero-order chi connectivity index (χ0) is 49.9. The van der Waals surface area contributed by atoms with Crippen LogP contribution < -0.4 is 9.80 Å². The van der Waals surface area contributed by atoms with E-state index in [-0.39, 0.29) is 64.8 Å². The maximum absolute atomic E-state index is 13.7. The Hall–Kier alpha value is -4.83. The van der Waals surface area contributed by atoms with E-state index in [0.717, 1.165) is 60.2 Å². The van der Waals surface area contributed by atoms with Crippen LogP contribution in [0.15, 0.2) is 94.1 Å². The van der Waals surface area contributed by atoms with E-state index >= 15 is 0 Å². The van der Waals surface area contributed by atoms with E-state index in [1.807, 2.05) is 19.1 Å². The van der Waals surface area contributed by atoms with E-state index in [9.17, 15) is 33.0 Å². The van der Waals surface area contributed by atoms with Crippen molar-refractivity contribution in [2.24, 2.45) is 45.8 Å². The van der Waals surface area contributed by atoms with Gasteiger partial charge in [0, 0.05) is 91.8 Å². The normalized spacial score (nSPS) is 35.6. The number of nitrogens with zero attached hydrogens (tertiary/aromatic N) is 2. The first-order valence-electron chi connectivity index (χ1n) is 26.0. The lowest BCUT2D eigenvalue weighted by molar-refractivity contribution is -0.115. The van der Waals surface area contributed by atoms with Crippen molar-refractivity contribution in [3.05, 3.63) is 105 Å². The number of aliphatic hydroxyl groups is 2.